The minimum Gasteiger partial charge on any atom is -0.368 e. The summed E-state index contributed by atoms with van der Waals surface area (Å²) >= 11 is 6.10. The maximum atomic E-state index is 12.8. The molecule has 2 aliphatic rings. The van der Waals surface area contributed by atoms with Crippen LogP contribution in [0.3, 0.4) is 0 Å². The fourth-order valence-electron chi connectivity index (χ4n) is 4.11. The zero-order valence-corrected chi connectivity index (χ0v) is 16.9. The molecule has 0 aromatic heterocycles. The quantitative estimate of drug-likeness (QED) is 0.843. The number of rotatable bonds is 4. The number of anilines is 2. The molecule has 1 N–H and O–H groups in total. The molecule has 0 bridgehead atoms. The van der Waals surface area contributed by atoms with Crippen molar-refractivity contribution in [3.8, 4) is 0 Å². The number of nitrogens with zero attached hydrogens (tertiary/aromatic N) is 3. The number of hydrogen-bond donors (Lipinski definition) is 1. The highest BCUT2D eigenvalue weighted by molar-refractivity contribution is 6.30. The molecule has 2 heterocycles. The van der Waals surface area contributed by atoms with Crippen LogP contribution in [0, 0.1) is 0 Å². The fourth-order valence-corrected chi connectivity index (χ4v) is 4.29. The van der Waals surface area contributed by atoms with Crippen molar-refractivity contribution in [2.24, 2.45) is 0 Å². The van der Waals surface area contributed by atoms with Gasteiger partial charge in [-0.2, -0.15) is 0 Å². The van der Waals surface area contributed by atoms with Crippen LogP contribution >= 0.6 is 11.6 Å². The number of halogens is 1. The van der Waals surface area contributed by atoms with Gasteiger partial charge in [-0.1, -0.05) is 35.9 Å². The number of para-hydroxylation sites is 1. The monoisotopic (exact) mass is 399 g/mol. The molecule has 148 valence electrons. The third kappa shape index (κ3) is 4.59. The van der Waals surface area contributed by atoms with Crippen LogP contribution in [0.2, 0.25) is 5.02 Å². The van der Waals surface area contributed by atoms with E-state index in [9.17, 15) is 4.79 Å². The third-order valence-corrected chi connectivity index (χ3v) is 6.03. The van der Waals surface area contributed by atoms with Gasteiger partial charge in [0.05, 0.1) is 26.2 Å². The van der Waals surface area contributed by atoms with Crippen molar-refractivity contribution in [1.82, 2.24) is 4.90 Å². The van der Waals surface area contributed by atoms with Crippen molar-refractivity contribution in [3.63, 3.8) is 0 Å². The SMILES string of the molecule is O=C(C[NH+]1CCN(c2ccccc2)CC1)N1CCN(c2cccc(Cl)c2)CC1. The zero-order chi connectivity index (χ0) is 19.3. The van der Waals surface area contributed by atoms with Crippen LogP contribution in [0.4, 0.5) is 11.4 Å². The molecule has 2 aromatic rings. The van der Waals surface area contributed by atoms with E-state index < -0.39 is 0 Å². The Morgan fingerprint density at radius 1 is 0.821 bits per heavy atom. The Morgan fingerprint density at radius 2 is 1.46 bits per heavy atom. The molecule has 0 unspecified atom stereocenters. The van der Waals surface area contributed by atoms with Gasteiger partial charge in [-0.05, 0) is 30.3 Å². The highest BCUT2D eigenvalue weighted by Gasteiger charge is 2.27. The molecule has 28 heavy (non-hydrogen) atoms. The molecule has 2 aromatic carbocycles. The number of nitrogens with one attached hydrogen (secondary N) is 1. The molecular weight excluding hydrogens is 372 g/mol. The first-order valence-electron chi connectivity index (χ1n) is 10.1. The Kier molecular flexibility index (Phi) is 6.03. The van der Waals surface area contributed by atoms with Crippen molar-refractivity contribution in [3.05, 3.63) is 59.6 Å². The van der Waals surface area contributed by atoms with Gasteiger partial charge in [0.15, 0.2) is 6.54 Å². The minimum atomic E-state index is 0.286. The summed E-state index contributed by atoms with van der Waals surface area (Å²) in [6, 6.07) is 18.5. The maximum absolute atomic E-state index is 12.8. The van der Waals surface area contributed by atoms with Crippen LogP contribution in [0.1, 0.15) is 0 Å². The van der Waals surface area contributed by atoms with E-state index in [1.165, 1.54) is 10.6 Å². The topological polar surface area (TPSA) is 31.2 Å². The van der Waals surface area contributed by atoms with Gasteiger partial charge < -0.3 is 19.6 Å². The molecule has 6 heteroatoms. The lowest BCUT2D eigenvalue weighted by atomic mass is 10.2. The van der Waals surface area contributed by atoms with Crippen molar-refractivity contribution in [2.45, 2.75) is 0 Å². The van der Waals surface area contributed by atoms with Crippen molar-refractivity contribution in [2.75, 3.05) is 68.7 Å². The van der Waals surface area contributed by atoms with Gasteiger partial charge in [0.2, 0.25) is 0 Å². The highest BCUT2D eigenvalue weighted by atomic mass is 35.5. The first kappa shape index (κ1) is 19.1. The fraction of sp³-hybridized carbons (Fsp3) is 0.409. The molecule has 0 radical (unpaired) electrons. The average molecular weight is 400 g/mol. The van der Waals surface area contributed by atoms with E-state index >= 15 is 0 Å². The zero-order valence-electron chi connectivity index (χ0n) is 16.2. The van der Waals surface area contributed by atoms with E-state index in [1.54, 1.807) is 0 Å². The van der Waals surface area contributed by atoms with E-state index in [0.29, 0.717) is 6.54 Å². The summed E-state index contributed by atoms with van der Waals surface area (Å²) in [6.07, 6.45) is 0. The van der Waals surface area contributed by atoms with Gasteiger partial charge in [0, 0.05) is 42.6 Å². The molecule has 5 nitrogen and oxygen atoms in total. The number of benzene rings is 2. The smallest absolute Gasteiger partial charge is 0.277 e. The van der Waals surface area contributed by atoms with Gasteiger partial charge in [-0.3, -0.25) is 4.79 Å². The number of amides is 1. The highest BCUT2D eigenvalue weighted by Crippen LogP contribution is 2.20. The van der Waals surface area contributed by atoms with Crippen molar-refractivity contribution in [1.29, 1.82) is 0 Å². The molecule has 1 amide bonds. The minimum absolute atomic E-state index is 0.286. The molecule has 2 saturated heterocycles. The lowest BCUT2D eigenvalue weighted by Gasteiger charge is -2.37. The summed E-state index contributed by atoms with van der Waals surface area (Å²) in [5.41, 5.74) is 2.42. The van der Waals surface area contributed by atoms with Gasteiger partial charge in [-0.25, -0.2) is 0 Å². The Balaban J connectivity index is 1.23. The van der Waals surface area contributed by atoms with E-state index in [1.807, 2.05) is 23.1 Å². The Bertz CT molecular complexity index is 784. The largest absolute Gasteiger partial charge is 0.368 e. The predicted molar refractivity (Wildman–Crippen MR) is 114 cm³/mol. The Morgan fingerprint density at radius 3 is 2.14 bits per heavy atom. The Hall–Kier alpha value is -2.24. The number of carbonyl (C=O) groups excluding carboxylic acids is 1. The van der Waals surface area contributed by atoms with Crippen LogP contribution in [0.25, 0.3) is 0 Å². The number of quaternary nitrogens is 1. The number of hydrogen-bond acceptors (Lipinski definition) is 3. The molecule has 2 fully saturated rings. The van der Waals surface area contributed by atoms with Gasteiger partial charge in [0.25, 0.3) is 5.91 Å². The maximum Gasteiger partial charge on any atom is 0.277 e. The van der Waals surface area contributed by atoms with Crippen LogP contribution in [0.15, 0.2) is 54.6 Å². The number of piperazine rings is 2. The van der Waals surface area contributed by atoms with Crippen LogP contribution in [0.5, 0.6) is 0 Å². The lowest BCUT2D eigenvalue weighted by Crippen LogP contribution is -3.16. The molecule has 0 aliphatic carbocycles. The normalized spacial score (nSPS) is 18.4. The van der Waals surface area contributed by atoms with Crippen LogP contribution in [-0.2, 0) is 4.79 Å². The molecule has 2 aliphatic heterocycles. The number of carbonyl (C=O) groups is 1. The molecule has 0 saturated carbocycles. The Labute approximate surface area is 172 Å². The second-order valence-corrected chi connectivity index (χ2v) is 8.03. The molecule has 0 atom stereocenters. The summed E-state index contributed by atoms with van der Waals surface area (Å²) in [5.74, 6) is 0.286. The molecule has 0 spiro atoms. The van der Waals surface area contributed by atoms with Gasteiger partial charge >= 0.3 is 0 Å². The van der Waals surface area contributed by atoms with Gasteiger partial charge in [0.1, 0.15) is 0 Å². The van der Waals surface area contributed by atoms with Crippen molar-refractivity contribution >= 4 is 28.9 Å². The van der Waals surface area contributed by atoms with E-state index in [-0.39, 0.29) is 5.91 Å². The van der Waals surface area contributed by atoms with Gasteiger partial charge in [-0.15, -0.1) is 0 Å². The molecular formula is C22H28ClN4O+. The average Bonchev–Trinajstić information content (AvgIpc) is 2.75. The second-order valence-electron chi connectivity index (χ2n) is 7.60. The van der Waals surface area contributed by atoms with Crippen LogP contribution in [-0.4, -0.2) is 69.7 Å². The third-order valence-electron chi connectivity index (χ3n) is 5.80. The summed E-state index contributed by atoms with van der Waals surface area (Å²) < 4.78 is 0. The summed E-state index contributed by atoms with van der Waals surface area (Å²) in [4.78, 5) is 20.9. The summed E-state index contributed by atoms with van der Waals surface area (Å²) in [6.45, 7) is 7.96. The predicted octanol–water partition coefficient (Wildman–Crippen LogP) is 1.39. The summed E-state index contributed by atoms with van der Waals surface area (Å²) in [7, 11) is 0. The van der Waals surface area contributed by atoms with E-state index in [4.69, 9.17) is 11.6 Å². The van der Waals surface area contributed by atoms with E-state index in [2.05, 4.69) is 46.2 Å². The van der Waals surface area contributed by atoms with E-state index in [0.717, 1.165) is 63.1 Å². The second kappa shape index (κ2) is 8.84. The van der Waals surface area contributed by atoms with Crippen molar-refractivity contribution < 1.29 is 9.69 Å². The van der Waals surface area contributed by atoms with Crippen LogP contribution < -0.4 is 14.7 Å². The first-order chi connectivity index (χ1) is 13.7. The summed E-state index contributed by atoms with van der Waals surface area (Å²) in [5, 5.41) is 0.759. The molecule has 4 rings (SSSR count). The standard InChI is InChI=1S/C22H27ClN4O/c23-19-5-4-8-21(17-19)26-13-15-27(16-14-26)22(28)18-24-9-11-25(12-10-24)20-6-2-1-3-7-20/h1-8,17H,9-16,18H2/p+1. The first-order valence-corrected chi connectivity index (χ1v) is 10.5. The lowest BCUT2D eigenvalue weighted by molar-refractivity contribution is -0.892.